The van der Waals surface area contributed by atoms with Crippen LogP contribution >= 0.6 is 23.2 Å². The molecule has 0 spiro atoms. The molecular weight excluding hydrogens is 439 g/mol. The van der Waals surface area contributed by atoms with Crippen molar-refractivity contribution in [1.29, 1.82) is 0 Å². The van der Waals surface area contributed by atoms with E-state index in [1.165, 1.54) is 0 Å². The molecular formula is C23H18Cl2N2O4. The average molecular weight is 457 g/mol. The highest BCUT2D eigenvalue weighted by atomic mass is 35.5. The third-order valence-corrected chi connectivity index (χ3v) is 5.17. The smallest absolute Gasteiger partial charge is 0.265 e. The maximum Gasteiger partial charge on any atom is 0.265 e. The molecule has 6 nitrogen and oxygen atoms in total. The zero-order chi connectivity index (χ0) is 21.8. The second-order valence-electron chi connectivity index (χ2n) is 6.78. The normalized spacial score (nSPS) is 12.7. The molecule has 8 heteroatoms. The number of amides is 2. The minimum absolute atomic E-state index is 0.0512. The maximum absolute atomic E-state index is 12.5. The number of hydrogen-bond donors (Lipinski definition) is 1. The number of nitrogens with one attached hydrogen (secondary N) is 1. The van der Waals surface area contributed by atoms with E-state index in [4.69, 9.17) is 32.7 Å². The van der Waals surface area contributed by atoms with Crippen molar-refractivity contribution < 1.29 is 19.1 Å². The van der Waals surface area contributed by atoms with Crippen LogP contribution in [0.3, 0.4) is 0 Å². The Bertz CT molecular complexity index is 1100. The molecule has 0 fully saturated rings. The van der Waals surface area contributed by atoms with Crippen LogP contribution in [0, 0.1) is 0 Å². The number of halogens is 2. The fourth-order valence-electron chi connectivity index (χ4n) is 3.12. The monoisotopic (exact) mass is 456 g/mol. The van der Waals surface area contributed by atoms with Gasteiger partial charge in [0.15, 0.2) is 6.61 Å². The van der Waals surface area contributed by atoms with Crippen molar-refractivity contribution in [1.82, 2.24) is 0 Å². The van der Waals surface area contributed by atoms with Crippen molar-refractivity contribution in [3.8, 4) is 11.5 Å². The molecule has 0 saturated heterocycles. The molecule has 31 heavy (non-hydrogen) atoms. The largest absolute Gasteiger partial charge is 0.492 e. The number of fused-ring (bicyclic) bond motifs is 1. The van der Waals surface area contributed by atoms with Crippen LogP contribution in [-0.2, 0) is 4.79 Å². The van der Waals surface area contributed by atoms with Crippen LogP contribution in [0.2, 0.25) is 10.0 Å². The van der Waals surface area contributed by atoms with E-state index in [0.717, 1.165) is 0 Å². The summed E-state index contributed by atoms with van der Waals surface area (Å²) in [5.74, 6) is 0.760. The van der Waals surface area contributed by atoms with Crippen LogP contribution in [0.5, 0.6) is 11.5 Å². The molecule has 1 aliphatic heterocycles. The van der Waals surface area contributed by atoms with Gasteiger partial charge in [0.2, 0.25) is 0 Å². The molecule has 0 radical (unpaired) electrons. The second kappa shape index (κ2) is 9.29. The highest BCUT2D eigenvalue weighted by Gasteiger charge is 2.26. The molecule has 0 bridgehead atoms. The lowest BCUT2D eigenvalue weighted by molar-refractivity contribution is -0.121. The van der Waals surface area contributed by atoms with Gasteiger partial charge < -0.3 is 19.7 Å². The lowest BCUT2D eigenvalue weighted by Crippen LogP contribution is -2.41. The molecule has 0 atom stereocenters. The van der Waals surface area contributed by atoms with Gasteiger partial charge in [-0.3, -0.25) is 9.59 Å². The van der Waals surface area contributed by atoms with Gasteiger partial charge in [0.1, 0.15) is 18.1 Å². The fourth-order valence-corrected chi connectivity index (χ4v) is 3.37. The standard InChI is InChI=1S/C23H18Cl2N2O4/c24-16-3-1-15(2-4-16)23(29)26-18-7-10-21-20(13-18)27(22(28)14-31-21)11-12-30-19-8-5-17(25)6-9-19/h1-10,13H,11-12,14H2,(H,26,29). The second-order valence-corrected chi connectivity index (χ2v) is 7.65. The molecule has 158 valence electrons. The zero-order valence-corrected chi connectivity index (χ0v) is 17.8. The summed E-state index contributed by atoms with van der Waals surface area (Å²) in [5.41, 5.74) is 1.59. The van der Waals surface area contributed by atoms with Gasteiger partial charge in [-0.1, -0.05) is 23.2 Å². The van der Waals surface area contributed by atoms with Crippen LogP contribution in [0.25, 0.3) is 0 Å². The first-order chi connectivity index (χ1) is 15.0. The van der Waals surface area contributed by atoms with Gasteiger partial charge in [-0.2, -0.15) is 0 Å². The molecule has 1 N–H and O–H groups in total. The quantitative estimate of drug-likeness (QED) is 0.563. The summed E-state index contributed by atoms with van der Waals surface area (Å²) < 4.78 is 11.2. The van der Waals surface area contributed by atoms with Crippen LogP contribution in [-0.4, -0.2) is 31.6 Å². The molecule has 1 aliphatic rings. The summed E-state index contributed by atoms with van der Waals surface area (Å²) >= 11 is 11.8. The van der Waals surface area contributed by atoms with Crippen molar-refractivity contribution in [3.63, 3.8) is 0 Å². The van der Waals surface area contributed by atoms with Gasteiger partial charge in [0, 0.05) is 21.3 Å². The van der Waals surface area contributed by atoms with E-state index in [1.807, 2.05) is 0 Å². The minimum atomic E-state index is -0.280. The molecule has 3 aromatic carbocycles. The summed E-state index contributed by atoms with van der Waals surface area (Å²) in [6, 6.07) is 18.8. The van der Waals surface area contributed by atoms with Gasteiger partial charge in [-0.05, 0) is 66.7 Å². The first-order valence-electron chi connectivity index (χ1n) is 9.52. The maximum atomic E-state index is 12.5. The van der Waals surface area contributed by atoms with Crippen molar-refractivity contribution in [2.45, 2.75) is 0 Å². The Labute approximate surface area is 189 Å². The predicted molar refractivity (Wildman–Crippen MR) is 121 cm³/mol. The fraction of sp³-hybridized carbons (Fsp3) is 0.130. The van der Waals surface area contributed by atoms with E-state index in [2.05, 4.69) is 5.32 Å². The highest BCUT2D eigenvalue weighted by molar-refractivity contribution is 6.31. The summed E-state index contributed by atoms with van der Waals surface area (Å²) in [6.45, 7) is 0.561. The van der Waals surface area contributed by atoms with Crippen LogP contribution in [0.15, 0.2) is 66.7 Å². The number of carbonyl (C=O) groups excluding carboxylic acids is 2. The third kappa shape index (κ3) is 5.10. The highest BCUT2D eigenvalue weighted by Crippen LogP contribution is 2.34. The van der Waals surface area contributed by atoms with E-state index < -0.39 is 0 Å². The summed E-state index contributed by atoms with van der Waals surface area (Å²) in [6.07, 6.45) is 0. The Hall–Kier alpha value is -3.22. The molecule has 0 aliphatic carbocycles. The van der Waals surface area contributed by atoms with Gasteiger partial charge in [-0.15, -0.1) is 0 Å². The first kappa shape index (κ1) is 21.0. The van der Waals surface area contributed by atoms with Crippen LogP contribution in [0.1, 0.15) is 10.4 Å². The SMILES string of the molecule is O=C(Nc1ccc2c(c1)N(CCOc1ccc(Cl)cc1)C(=O)CO2)c1ccc(Cl)cc1. The van der Waals surface area contributed by atoms with Gasteiger partial charge in [0.25, 0.3) is 11.8 Å². The van der Waals surface area contributed by atoms with Crippen molar-refractivity contribution >= 4 is 46.4 Å². The molecule has 2 amide bonds. The number of hydrogen-bond acceptors (Lipinski definition) is 4. The third-order valence-electron chi connectivity index (χ3n) is 4.66. The number of nitrogens with zero attached hydrogens (tertiary/aromatic N) is 1. The number of ether oxygens (including phenoxy) is 2. The number of benzene rings is 3. The Morgan fingerprint density at radius 2 is 1.68 bits per heavy atom. The lowest BCUT2D eigenvalue weighted by atomic mass is 10.2. The topological polar surface area (TPSA) is 67.9 Å². The van der Waals surface area contributed by atoms with E-state index in [-0.39, 0.29) is 25.0 Å². The summed E-state index contributed by atoms with van der Waals surface area (Å²) in [4.78, 5) is 26.5. The average Bonchev–Trinajstić information content (AvgIpc) is 2.77. The Kier molecular flexibility index (Phi) is 6.30. The Balaban J connectivity index is 1.47. The van der Waals surface area contributed by atoms with E-state index in [9.17, 15) is 9.59 Å². The van der Waals surface area contributed by atoms with Crippen molar-refractivity contribution in [2.24, 2.45) is 0 Å². The van der Waals surface area contributed by atoms with Gasteiger partial charge in [-0.25, -0.2) is 0 Å². The Morgan fingerprint density at radius 3 is 2.39 bits per heavy atom. The van der Waals surface area contributed by atoms with Crippen LogP contribution < -0.4 is 19.7 Å². The predicted octanol–water partition coefficient (Wildman–Crippen LogP) is 5.05. The molecule has 0 unspecified atom stereocenters. The summed E-state index contributed by atoms with van der Waals surface area (Å²) in [7, 11) is 0. The van der Waals surface area contributed by atoms with E-state index in [0.29, 0.717) is 45.0 Å². The number of anilines is 2. The van der Waals surface area contributed by atoms with Crippen LogP contribution in [0.4, 0.5) is 11.4 Å². The lowest BCUT2D eigenvalue weighted by Gasteiger charge is -2.29. The minimum Gasteiger partial charge on any atom is -0.492 e. The molecule has 0 saturated carbocycles. The molecule has 1 heterocycles. The number of carbonyl (C=O) groups is 2. The zero-order valence-electron chi connectivity index (χ0n) is 16.3. The van der Waals surface area contributed by atoms with E-state index >= 15 is 0 Å². The molecule has 0 aromatic heterocycles. The van der Waals surface area contributed by atoms with Crippen molar-refractivity contribution in [2.75, 3.05) is 30.0 Å². The summed E-state index contributed by atoms with van der Waals surface area (Å²) in [5, 5.41) is 4.01. The molecule has 4 rings (SSSR count). The van der Waals surface area contributed by atoms with Gasteiger partial charge >= 0.3 is 0 Å². The Morgan fingerprint density at radius 1 is 1.00 bits per heavy atom. The van der Waals surface area contributed by atoms with Gasteiger partial charge in [0.05, 0.1) is 12.2 Å². The number of rotatable bonds is 6. The van der Waals surface area contributed by atoms with E-state index in [1.54, 1.807) is 71.6 Å². The van der Waals surface area contributed by atoms with Crippen molar-refractivity contribution in [3.05, 3.63) is 82.3 Å². The first-order valence-corrected chi connectivity index (χ1v) is 10.3. The molecule has 3 aromatic rings.